The maximum Gasteiger partial charge on any atom is 0.229 e. The molecular weight excluding hydrogens is 410 g/mol. The Labute approximate surface area is 195 Å². The van der Waals surface area contributed by atoms with E-state index in [0.29, 0.717) is 12.6 Å². The molecule has 1 N–H and O–H groups in total. The van der Waals surface area contributed by atoms with Gasteiger partial charge in [0.05, 0.1) is 12.3 Å². The van der Waals surface area contributed by atoms with Crippen molar-refractivity contribution < 1.29 is 4.74 Å². The number of rotatable bonds is 1. The smallest absolute Gasteiger partial charge is 0.229 e. The van der Waals surface area contributed by atoms with Crippen molar-refractivity contribution in [1.29, 1.82) is 0 Å². The lowest BCUT2D eigenvalue weighted by Crippen LogP contribution is -2.20. The van der Waals surface area contributed by atoms with Gasteiger partial charge in [-0.15, -0.1) is 0 Å². The largest absolute Gasteiger partial charge is 0.493 e. The van der Waals surface area contributed by atoms with Gasteiger partial charge in [-0.2, -0.15) is 4.98 Å². The Morgan fingerprint density at radius 2 is 1.82 bits per heavy atom. The molecule has 3 aromatic rings. The standard InChI is InChI=1S/C27H31N5O/c1-31-13-3-2-6-16-33-24-12-8-10-22(18-24)25-19-26(32-14-4-5-15-32)30-27(29-25)28-23-11-7-9-21(17-23)20-31/h2-3,7-12,17-19H,4-6,13-16,20H2,1H3,(H,28,29,30). The van der Waals surface area contributed by atoms with Gasteiger partial charge in [-0.25, -0.2) is 4.98 Å². The molecule has 2 aromatic carbocycles. The topological polar surface area (TPSA) is 53.5 Å². The van der Waals surface area contributed by atoms with Gasteiger partial charge in [0.1, 0.15) is 11.6 Å². The number of hydrogen-bond donors (Lipinski definition) is 1. The van der Waals surface area contributed by atoms with Gasteiger partial charge in [-0.05, 0) is 56.1 Å². The van der Waals surface area contributed by atoms with Crippen LogP contribution in [0.3, 0.4) is 0 Å². The fourth-order valence-corrected chi connectivity index (χ4v) is 4.36. The second-order valence-corrected chi connectivity index (χ2v) is 8.79. The van der Waals surface area contributed by atoms with Gasteiger partial charge in [-0.3, -0.25) is 4.90 Å². The molecule has 0 atom stereocenters. The van der Waals surface area contributed by atoms with Gasteiger partial charge in [-0.1, -0.05) is 36.4 Å². The fourth-order valence-electron chi connectivity index (χ4n) is 4.36. The van der Waals surface area contributed by atoms with Crippen LogP contribution in [0.25, 0.3) is 11.3 Å². The van der Waals surface area contributed by atoms with E-state index in [1.807, 2.05) is 12.1 Å². The molecule has 3 heterocycles. The third-order valence-electron chi connectivity index (χ3n) is 6.05. The van der Waals surface area contributed by atoms with Crippen LogP contribution in [0, 0.1) is 0 Å². The van der Waals surface area contributed by atoms with E-state index in [4.69, 9.17) is 14.7 Å². The van der Waals surface area contributed by atoms with Crippen molar-refractivity contribution in [2.75, 3.05) is 43.5 Å². The van der Waals surface area contributed by atoms with Gasteiger partial charge in [0.2, 0.25) is 5.95 Å². The second kappa shape index (κ2) is 10.0. The highest BCUT2D eigenvalue weighted by molar-refractivity contribution is 5.68. The van der Waals surface area contributed by atoms with E-state index in [-0.39, 0.29) is 0 Å². The summed E-state index contributed by atoms with van der Waals surface area (Å²) in [5, 5.41) is 3.46. The van der Waals surface area contributed by atoms with Gasteiger partial charge < -0.3 is 15.0 Å². The molecule has 0 spiro atoms. The zero-order chi connectivity index (χ0) is 22.5. The maximum absolute atomic E-state index is 6.02. The first-order valence-corrected chi connectivity index (χ1v) is 11.8. The second-order valence-electron chi connectivity index (χ2n) is 8.79. The number of benzene rings is 2. The van der Waals surface area contributed by atoms with Crippen LogP contribution < -0.4 is 15.0 Å². The van der Waals surface area contributed by atoms with Gasteiger partial charge in [0, 0.05) is 43.5 Å². The molecule has 0 unspecified atom stereocenters. The zero-order valence-corrected chi connectivity index (χ0v) is 19.2. The number of nitrogens with one attached hydrogen (secondary N) is 1. The summed E-state index contributed by atoms with van der Waals surface area (Å²) in [7, 11) is 2.14. The molecule has 0 radical (unpaired) electrons. The average molecular weight is 442 g/mol. The minimum Gasteiger partial charge on any atom is -0.493 e. The van der Waals surface area contributed by atoms with Crippen molar-refractivity contribution in [1.82, 2.24) is 14.9 Å². The molecule has 6 heteroatoms. The van der Waals surface area contributed by atoms with Crippen LogP contribution in [0.5, 0.6) is 5.75 Å². The predicted molar refractivity (Wildman–Crippen MR) is 134 cm³/mol. The molecule has 6 bridgehead atoms. The van der Waals surface area contributed by atoms with Crippen molar-refractivity contribution in [2.45, 2.75) is 25.8 Å². The normalized spacial score (nSPS) is 17.1. The lowest BCUT2D eigenvalue weighted by molar-refractivity contribution is 0.324. The SMILES string of the molecule is CN1CC=CCCOc2cccc(c2)-c2cc(N3CCCC3)nc(n2)Nc2cccc(c2)C1. The molecule has 170 valence electrons. The van der Waals surface area contributed by atoms with Crippen LogP contribution >= 0.6 is 0 Å². The van der Waals surface area contributed by atoms with Crippen LogP contribution in [0.2, 0.25) is 0 Å². The number of ether oxygens (including phenoxy) is 1. The Hall–Kier alpha value is -3.38. The van der Waals surface area contributed by atoms with Crippen molar-refractivity contribution >= 4 is 17.5 Å². The van der Waals surface area contributed by atoms with E-state index >= 15 is 0 Å². The number of aromatic nitrogens is 2. The molecular formula is C27H31N5O. The summed E-state index contributed by atoms with van der Waals surface area (Å²) in [6.45, 7) is 4.50. The highest BCUT2D eigenvalue weighted by Crippen LogP contribution is 2.29. The molecule has 1 fully saturated rings. The minimum atomic E-state index is 0.621. The molecule has 1 saturated heterocycles. The Balaban J connectivity index is 1.54. The van der Waals surface area contributed by atoms with Crippen molar-refractivity contribution in [3.8, 4) is 17.0 Å². The third-order valence-corrected chi connectivity index (χ3v) is 6.05. The fraction of sp³-hybridized carbons (Fsp3) is 0.333. The molecule has 2 aliphatic heterocycles. The van der Waals surface area contributed by atoms with Gasteiger partial charge in [0.15, 0.2) is 0 Å². The number of nitrogens with zero attached hydrogens (tertiary/aromatic N) is 4. The number of anilines is 3. The van der Waals surface area contributed by atoms with E-state index in [1.165, 1.54) is 18.4 Å². The van der Waals surface area contributed by atoms with E-state index < -0.39 is 0 Å². The lowest BCUT2D eigenvalue weighted by Gasteiger charge is -2.19. The molecule has 1 aromatic heterocycles. The van der Waals surface area contributed by atoms with E-state index in [1.54, 1.807) is 0 Å². The number of fused-ring (bicyclic) bond motifs is 7. The monoisotopic (exact) mass is 441 g/mol. The highest BCUT2D eigenvalue weighted by atomic mass is 16.5. The summed E-state index contributed by atoms with van der Waals surface area (Å²) in [4.78, 5) is 14.4. The summed E-state index contributed by atoms with van der Waals surface area (Å²) in [5.41, 5.74) is 4.19. The molecule has 33 heavy (non-hydrogen) atoms. The van der Waals surface area contributed by atoms with Crippen LogP contribution in [0.1, 0.15) is 24.8 Å². The Morgan fingerprint density at radius 1 is 0.939 bits per heavy atom. The first-order valence-electron chi connectivity index (χ1n) is 11.8. The number of hydrogen-bond acceptors (Lipinski definition) is 6. The van der Waals surface area contributed by atoms with Crippen molar-refractivity contribution in [2.24, 2.45) is 0 Å². The van der Waals surface area contributed by atoms with Crippen molar-refractivity contribution in [3.63, 3.8) is 0 Å². The summed E-state index contributed by atoms with van der Waals surface area (Å²) >= 11 is 0. The van der Waals surface area contributed by atoms with Crippen LogP contribution in [-0.2, 0) is 6.54 Å². The quantitative estimate of drug-likeness (QED) is 0.520. The Morgan fingerprint density at radius 3 is 2.73 bits per heavy atom. The maximum atomic E-state index is 6.02. The summed E-state index contributed by atoms with van der Waals surface area (Å²) < 4.78 is 6.02. The number of likely N-dealkylation sites (N-methyl/N-ethyl adjacent to an activating group) is 1. The molecule has 6 nitrogen and oxygen atoms in total. The van der Waals surface area contributed by atoms with E-state index in [0.717, 1.165) is 61.1 Å². The first-order chi connectivity index (χ1) is 16.2. The van der Waals surface area contributed by atoms with Gasteiger partial charge in [0.25, 0.3) is 0 Å². The minimum absolute atomic E-state index is 0.621. The van der Waals surface area contributed by atoms with Gasteiger partial charge >= 0.3 is 0 Å². The summed E-state index contributed by atoms with van der Waals surface area (Å²) in [5.74, 6) is 2.46. The molecule has 0 aliphatic carbocycles. The van der Waals surface area contributed by atoms with E-state index in [2.05, 4.69) is 76.8 Å². The Bertz CT molecular complexity index is 1120. The summed E-state index contributed by atoms with van der Waals surface area (Å²) in [6, 6.07) is 18.8. The summed E-state index contributed by atoms with van der Waals surface area (Å²) in [6.07, 6.45) is 7.70. The molecule has 2 aliphatic rings. The molecule has 0 amide bonds. The lowest BCUT2D eigenvalue weighted by atomic mass is 10.1. The van der Waals surface area contributed by atoms with Crippen LogP contribution in [-0.4, -0.2) is 48.2 Å². The molecule has 5 rings (SSSR count). The van der Waals surface area contributed by atoms with Crippen LogP contribution in [0.4, 0.5) is 17.5 Å². The predicted octanol–water partition coefficient (Wildman–Crippen LogP) is 5.26. The third kappa shape index (κ3) is 5.52. The average Bonchev–Trinajstić information content (AvgIpc) is 3.36. The van der Waals surface area contributed by atoms with Crippen LogP contribution in [0.15, 0.2) is 66.7 Å². The highest BCUT2D eigenvalue weighted by Gasteiger charge is 2.17. The molecule has 0 saturated carbocycles. The zero-order valence-electron chi connectivity index (χ0n) is 19.2. The first kappa shape index (κ1) is 21.5. The van der Waals surface area contributed by atoms with Crippen molar-refractivity contribution in [3.05, 3.63) is 72.3 Å². The van der Waals surface area contributed by atoms with E-state index in [9.17, 15) is 0 Å². The Kier molecular flexibility index (Phi) is 6.53.